The normalized spacial score (nSPS) is 10.3. The average molecular weight is 195 g/mol. The molecule has 1 aromatic rings. The Kier molecular flexibility index (Phi) is 3.30. The summed E-state index contributed by atoms with van der Waals surface area (Å²) in [6, 6.07) is 0. The highest BCUT2D eigenvalue weighted by atomic mass is 16.5. The van der Waals surface area contributed by atoms with Crippen LogP contribution in [-0.2, 0) is 7.05 Å². The van der Waals surface area contributed by atoms with Gasteiger partial charge in [0.1, 0.15) is 0 Å². The van der Waals surface area contributed by atoms with Gasteiger partial charge in [-0.3, -0.25) is 0 Å². The predicted octanol–water partition coefficient (Wildman–Crippen LogP) is 1.10. The minimum absolute atomic E-state index is 0.594. The van der Waals surface area contributed by atoms with E-state index < -0.39 is 0 Å². The van der Waals surface area contributed by atoms with E-state index in [1.165, 1.54) is 0 Å². The van der Waals surface area contributed by atoms with Crippen molar-refractivity contribution in [2.24, 2.45) is 12.8 Å². The minimum atomic E-state index is 0.594. The molecule has 0 bridgehead atoms. The second kappa shape index (κ2) is 4.28. The molecule has 0 radical (unpaired) electrons. The van der Waals surface area contributed by atoms with Gasteiger partial charge in [-0.05, 0) is 25.5 Å². The van der Waals surface area contributed by atoms with Gasteiger partial charge in [-0.15, -0.1) is 0 Å². The van der Waals surface area contributed by atoms with E-state index in [-0.39, 0.29) is 0 Å². The van der Waals surface area contributed by atoms with E-state index in [1.807, 2.05) is 14.0 Å². The number of ether oxygens (including phenoxy) is 1. The summed E-state index contributed by atoms with van der Waals surface area (Å²) < 4.78 is 6.98. The number of nitrogens with two attached hydrogens (primary N) is 1. The maximum atomic E-state index is 5.49. The largest absolute Gasteiger partial charge is 0.481 e. The van der Waals surface area contributed by atoms with Crippen LogP contribution >= 0.6 is 0 Å². The molecule has 0 amide bonds. The lowest BCUT2D eigenvalue weighted by Crippen LogP contribution is -2.01. The highest BCUT2D eigenvalue weighted by molar-refractivity contribution is 5.69. The number of rotatable bonds is 4. The Labute approximate surface area is 84.4 Å². The van der Waals surface area contributed by atoms with Crippen molar-refractivity contribution in [1.82, 2.24) is 9.78 Å². The van der Waals surface area contributed by atoms with E-state index in [4.69, 9.17) is 10.5 Å². The summed E-state index contributed by atoms with van der Waals surface area (Å²) in [4.78, 5) is 0. The van der Waals surface area contributed by atoms with Gasteiger partial charge in [-0.2, -0.15) is 5.10 Å². The highest BCUT2D eigenvalue weighted by Gasteiger charge is 2.15. The maximum Gasteiger partial charge on any atom is 0.219 e. The van der Waals surface area contributed by atoms with Crippen molar-refractivity contribution in [1.29, 1.82) is 0 Å². The molecular weight excluding hydrogens is 178 g/mol. The number of hydrogen-bond donors (Lipinski definition) is 1. The van der Waals surface area contributed by atoms with Gasteiger partial charge in [-0.25, -0.2) is 4.68 Å². The van der Waals surface area contributed by atoms with Crippen molar-refractivity contribution in [2.45, 2.75) is 13.3 Å². The Morgan fingerprint density at radius 3 is 2.79 bits per heavy atom. The fourth-order valence-corrected chi connectivity index (χ4v) is 1.58. The molecule has 1 rings (SSSR count). The Balaban J connectivity index is 3.11. The van der Waals surface area contributed by atoms with E-state index in [9.17, 15) is 0 Å². The van der Waals surface area contributed by atoms with Crippen LogP contribution in [0, 0.1) is 6.92 Å². The zero-order valence-electron chi connectivity index (χ0n) is 9.00. The summed E-state index contributed by atoms with van der Waals surface area (Å²) in [5, 5.41) is 4.28. The van der Waals surface area contributed by atoms with Gasteiger partial charge < -0.3 is 10.5 Å². The van der Waals surface area contributed by atoms with E-state index in [1.54, 1.807) is 11.8 Å². The number of aryl methyl sites for hydroxylation is 2. The fourth-order valence-electron chi connectivity index (χ4n) is 1.58. The van der Waals surface area contributed by atoms with E-state index >= 15 is 0 Å². The van der Waals surface area contributed by atoms with Crippen molar-refractivity contribution < 1.29 is 4.74 Å². The highest BCUT2D eigenvalue weighted by Crippen LogP contribution is 2.29. The standard InChI is InChI=1S/C10H17N3O/c1-7(5-6-11)9-8(2)12-13(3)10(9)14-4/h1,5-6,11H2,2-4H3. The van der Waals surface area contributed by atoms with Gasteiger partial charge in [0.05, 0.1) is 18.4 Å². The van der Waals surface area contributed by atoms with Crippen LogP contribution in [0.1, 0.15) is 17.7 Å². The summed E-state index contributed by atoms with van der Waals surface area (Å²) in [6.45, 7) is 6.52. The smallest absolute Gasteiger partial charge is 0.219 e. The molecule has 0 aliphatic heterocycles. The summed E-state index contributed by atoms with van der Waals surface area (Å²) in [5.74, 6) is 0.751. The lowest BCUT2D eigenvalue weighted by atomic mass is 10.1. The fraction of sp³-hybridized carbons (Fsp3) is 0.500. The lowest BCUT2D eigenvalue weighted by molar-refractivity contribution is 0.372. The van der Waals surface area contributed by atoms with Gasteiger partial charge in [0, 0.05) is 7.05 Å². The average Bonchev–Trinajstić information content (AvgIpc) is 2.40. The molecule has 0 aliphatic carbocycles. The van der Waals surface area contributed by atoms with Crippen LogP contribution in [0.5, 0.6) is 5.88 Å². The number of hydrogen-bond acceptors (Lipinski definition) is 3. The Bertz CT molecular complexity index is 341. The number of aromatic nitrogens is 2. The zero-order valence-corrected chi connectivity index (χ0v) is 9.00. The molecule has 0 aromatic carbocycles. The molecule has 0 fully saturated rings. The van der Waals surface area contributed by atoms with Crippen molar-refractivity contribution in [2.75, 3.05) is 13.7 Å². The minimum Gasteiger partial charge on any atom is -0.481 e. The van der Waals surface area contributed by atoms with Gasteiger partial charge in [-0.1, -0.05) is 6.58 Å². The molecule has 4 nitrogen and oxygen atoms in total. The molecule has 1 aromatic heterocycles. The first-order chi connectivity index (χ1) is 6.61. The third-order valence-electron chi connectivity index (χ3n) is 2.16. The summed E-state index contributed by atoms with van der Waals surface area (Å²) in [6.07, 6.45) is 0.767. The summed E-state index contributed by atoms with van der Waals surface area (Å²) in [5.41, 5.74) is 8.39. The molecule has 0 saturated carbocycles. The molecule has 0 atom stereocenters. The van der Waals surface area contributed by atoms with Gasteiger partial charge in [0.15, 0.2) is 0 Å². The molecular formula is C10H17N3O. The molecule has 2 N–H and O–H groups in total. The molecule has 1 heterocycles. The van der Waals surface area contributed by atoms with Gasteiger partial charge >= 0.3 is 0 Å². The molecule has 78 valence electrons. The molecule has 4 heteroatoms. The molecule has 0 aliphatic rings. The van der Waals surface area contributed by atoms with Crippen molar-refractivity contribution >= 4 is 5.57 Å². The molecule has 14 heavy (non-hydrogen) atoms. The van der Waals surface area contributed by atoms with Crippen LogP contribution in [0.25, 0.3) is 5.57 Å². The van der Waals surface area contributed by atoms with Crippen molar-refractivity contribution in [3.63, 3.8) is 0 Å². The first-order valence-electron chi connectivity index (χ1n) is 4.57. The van der Waals surface area contributed by atoms with E-state index in [0.717, 1.165) is 29.1 Å². The quantitative estimate of drug-likeness (QED) is 0.782. The van der Waals surface area contributed by atoms with Crippen LogP contribution in [-0.4, -0.2) is 23.4 Å². The molecule has 0 spiro atoms. The third-order valence-corrected chi connectivity index (χ3v) is 2.16. The van der Waals surface area contributed by atoms with Crippen LogP contribution in [0.4, 0.5) is 0 Å². The Morgan fingerprint density at radius 2 is 2.29 bits per heavy atom. The third kappa shape index (κ3) is 1.80. The lowest BCUT2D eigenvalue weighted by Gasteiger charge is -2.06. The number of methoxy groups -OCH3 is 1. The zero-order chi connectivity index (χ0) is 10.7. The first-order valence-corrected chi connectivity index (χ1v) is 4.57. The van der Waals surface area contributed by atoms with Gasteiger partial charge in [0.2, 0.25) is 5.88 Å². The van der Waals surface area contributed by atoms with Crippen LogP contribution < -0.4 is 10.5 Å². The van der Waals surface area contributed by atoms with Crippen LogP contribution in [0.15, 0.2) is 6.58 Å². The SMILES string of the molecule is C=C(CCN)c1c(C)nn(C)c1OC. The second-order valence-electron chi connectivity index (χ2n) is 3.24. The second-order valence-corrected chi connectivity index (χ2v) is 3.24. The van der Waals surface area contributed by atoms with Crippen LogP contribution in [0.2, 0.25) is 0 Å². The number of nitrogens with zero attached hydrogens (tertiary/aromatic N) is 2. The first kappa shape index (κ1) is 10.8. The predicted molar refractivity (Wildman–Crippen MR) is 57.2 cm³/mol. The van der Waals surface area contributed by atoms with E-state index in [2.05, 4.69) is 11.7 Å². The molecule has 0 saturated heterocycles. The maximum absolute atomic E-state index is 5.49. The van der Waals surface area contributed by atoms with Crippen molar-refractivity contribution in [3.8, 4) is 5.88 Å². The summed E-state index contributed by atoms with van der Waals surface area (Å²) >= 11 is 0. The van der Waals surface area contributed by atoms with Crippen molar-refractivity contribution in [3.05, 3.63) is 17.8 Å². The molecule has 0 unspecified atom stereocenters. The van der Waals surface area contributed by atoms with Gasteiger partial charge in [0.25, 0.3) is 0 Å². The van der Waals surface area contributed by atoms with Crippen LogP contribution in [0.3, 0.4) is 0 Å². The Hall–Kier alpha value is -1.29. The van der Waals surface area contributed by atoms with E-state index in [0.29, 0.717) is 6.54 Å². The summed E-state index contributed by atoms with van der Waals surface area (Å²) in [7, 11) is 3.49. The topological polar surface area (TPSA) is 53.1 Å². The monoisotopic (exact) mass is 195 g/mol. The Morgan fingerprint density at radius 1 is 1.64 bits per heavy atom.